The number of hydrogen-bond donors (Lipinski definition) is 0. The summed E-state index contributed by atoms with van der Waals surface area (Å²) in [7, 11) is 2.04. The number of fused-ring (bicyclic) bond motifs is 1. The highest BCUT2D eigenvalue weighted by atomic mass is 19.1. The maximum Gasteiger partial charge on any atom is 0.126 e. The molecule has 1 heterocycles. The van der Waals surface area contributed by atoms with Crippen LogP contribution in [0.15, 0.2) is 36.4 Å². The molecule has 0 radical (unpaired) electrons. The fraction of sp³-hybridized carbons (Fsp3) is 0.294. The van der Waals surface area contributed by atoms with E-state index in [4.69, 9.17) is 0 Å². The molecule has 0 aliphatic carbocycles. The highest BCUT2D eigenvalue weighted by molar-refractivity contribution is 5.42. The van der Waals surface area contributed by atoms with E-state index in [1.165, 1.54) is 28.8 Å². The van der Waals surface area contributed by atoms with Crippen molar-refractivity contribution >= 4 is 0 Å². The Balaban J connectivity index is 2.10. The van der Waals surface area contributed by atoms with Crippen LogP contribution < -0.4 is 0 Å². The van der Waals surface area contributed by atoms with Gasteiger partial charge in [-0.2, -0.15) is 0 Å². The van der Waals surface area contributed by atoms with E-state index in [1.807, 2.05) is 7.05 Å². The van der Waals surface area contributed by atoms with Gasteiger partial charge in [-0.1, -0.05) is 23.8 Å². The van der Waals surface area contributed by atoms with Gasteiger partial charge in [0.1, 0.15) is 11.6 Å². The molecule has 0 saturated heterocycles. The standard InChI is InChI=1S/C17H17F2N/c1-11-3-4-16-13(5-11)9-20(2)10-17(16)12-6-14(18)8-15(19)7-12/h3-8,17H,9-10H2,1-2H3/t17-/m1/s1. The molecule has 1 aliphatic heterocycles. The van der Waals surface area contributed by atoms with Crippen molar-refractivity contribution in [1.82, 2.24) is 4.90 Å². The number of aryl methyl sites for hydroxylation is 1. The summed E-state index contributed by atoms with van der Waals surface area (Å²) >= 11 is 0. The molecule has 0 bridgehead atoms. The van der Waals surface area contributed by atoms with Crippen LogP contribution in [-0.4, -0.2) is 18.5 Å². The summed E-state index contributed by atoms with van der Waals surface area (Å²) in [5, 5.41) is 0. The number of benzene rings is 2. The minimum Gasteiger partial charge on any atom is -0.301 e. The van der Waals surface area contributed by atoms with Gasteiger partial charge in [0, 0.05) is 25.1 Å². The predicted molar refractivity (Wildman–Crippen MR) is 75.7 cm³/mol. The van der Waals surface area contributed by atoms with Crippen molar-refractivity contribution in [2.24, 2.45) is 0 Å². The van der Waals surface area contributed by atoms with Gasteiger partial charge >= 0.3 is 0 Å². The highest BCUT2D eigenvalue weighted by Gasteiger charge is 2.25. The van der Waals surface area contributed by atoms with Crippen molar-refractivity contribution in [2.75, 3.05) is 13.6 Å². The molecule has 2 aromatic carbocycles. The van der Waals surface area contributed by atoms with Crippen molar-refractivity contribution in [3.8, 4) is 0 Å². The molecule has 0 N–H and O–H groups in total. The van der Waals surface area contributed by atoms with Gasteiger partial charge in [-0.15, -0.1) is 0 Å². The first kappa shape index (κ1) is 13.3. The Morgan fingerprint density at radius 1 is 1.05 bits per heavy atom. The lowest BCUT2D eigenvalue weighted by Crippen LogP contribution is -2.31. The number of nitrogens with zero attached hydrogens (tertiary/aromatic N) is 1. The average Bonchev–Trinajstić information content (AvgIpc) is 2.36. The van der Waals surface area contributed by atoms with E-state index in [2.05, 4.69) is 30.0 Å². The smallest absolute Gasteiger partial charge is 0.126 e. The molecule has 104 valence electrons. The predicted octanol–water partition coefficient (Wildman–Crippen LogP) is 3.85. The molecule has 20 heavy (non-hydrogen) atoms. The third-order valence-corrected chi connectivity index (χ3v) is 3.90. The summed E-state index contributed by atoms with van der Waals surface area (Å²) in [4.78, 5) is 2.19. The average molecular weight is 273 g/mol. The molecular weight excluding hydrogens is 256 g/mol. The van der Waals surface area contributed by atoms with Crippen molar-refractivity contribution in [3.63, 3.8) is 0 Å². The number of hydrogen-bond acceptors (Lipinski definition) is 1. The normalized spacial score (nSPS) is 18.9. The fourth-order valence-corrected chi connectivity index (χ4v) is 3.04. The zero-order valence-corrected chi connectivity index (χ0v) is 11.7. The van der Waals surface area contributed by atoms with Gasteiger partial charge in [-0.3, -0.25) is 0 Å². The van der Waals surface area contributed by atoms with Crippen LogP contribution in [-0.2, 0) is 6.54 Å². The molecular formula is C17H17F2N. The largest absolute Gasteiger partial charge is 0.301 e. The monoisotopic (exact) mass is 273 g/mol. The Morgan fingerprint density at radius 2 is 1.75 bits per heavy atom. The molecule has 1 aliphatic rings. The molecule has 0 spiro atoms. The van der Waals surface area contributed by atoms with E-state index in [9.17, 15) is 8.78 Å². The maximum absolute atomic E-state index is 13.5. The SMILES string of the molecule is Cc1ccc2c(c1)CN(C)C[C@@H]2c1cc(F)cc(F)c1. The fourth-order valence-electron chi connectivity index (χ4n) is 3.04. The summed E-state index contributed by atoms with van der Waals surface area (Å²) in [6.45, 7) is 3.72. The van der Waals surface area contributed by atoms with E-state index in [1.54, 1.807) is 0 Å². The molecule has 0 aromatic heterocycles. The van der Waals surface area contributed by atoms with E-state index in [-0.39, 0.29) is 5.92 Å². The molecule has 0 saturated carbocycles. The Morgan fingerprint density at radius 3 is 2.45 bits per heavy atom. The van der Waals surface area contributed by atoms with E-state index in [0.29, 0.717) is 5.56 Å². The molecule has 2 aromatic rings. The van der Waals surface area contributed by atoms with Gasteiger partial charge in [0.25, 0.3) is 0 Å². The van der Waals surface area contributed by atoms with Crippen LogP contribution in [0.2, 0.25) is 0 Å². The summed E-state index contributed by atoms with van der Waals surface area (Å²) in [6.07, 6.45) is 0. The molecule has 0 unspecified atom stereocenters. The van der Waals surface area contributed by atoms with E-state index >= 15 is 0 Å². The molecule has 1 atom stereocenters. The third kappa shape index (κ3) is 2.46. The van der Waals surface area contributed by atoms with E-state index < -0.39 is 11.6 Å². The zero-order valence-electron chi connectivity index (χ0n) is 11.7. The number of halogens is 2. The second-order valence-electron chi connectivity index (χ2n) is 5.65. The minimum absolute atomic E-state index is 0.0227. The molecule has 3 rings (SSSR count). The van der Waals surface area contributed by atoms with Gasteiger partial charge < -0.3 is 4.90 Å². The second kappa shape index (κ2) is 4.98. The van der Waals surface area contributed by atoms with Gasteiger partial charge in [0.2, 0.25) is 0 Å². The Hall–Kier alpha value is -1.74. The molecule has 1 nitrogen and oxygen atoms in total. The summed E-state index contributed by atoms with van der Waals surface area (Å²) < 4.78 is 26.9. The van der Waals surface area contributed by atoms with Crippen LogP contribution in [0.5, 0.6) is 0 Å². The minimum atomic E-state index is -0.512. The van der Waals surface area contributed by atoms with Crippen molar-refractivity contribution in [1.29, 1.82) is 0 Å². The van der Waals surface area contributed by atoms with Gasteiger partial charge in [0.05, 0.1) is 0 Å². The maximum atomic E-state index is 13.5. The van der Waals surface area contributed by atoms with Gasteiger partial charge in [-0.25, -0.2) is 8.78 Å². The summed E-state index contributed by atoms with van der Waals surface area (Å²) in [5.41, 5.74) is 4.34. The van der Waals surface area contributed by atoms with Gasteiger partial charge in [0.15, 0.2) is 0 Å². The Labute approximate surface area is 117 Å². The quantitative estimate of drug-likeness (QED) is 0.763. The van der Waals surface area contributed by atoms with E-state index in [0.717, 1.165) is 19.2 Å². The lowest BCUT2D eigenvalue weighted by molar-refractivity contribution is 0.294. The Kier molecular flexibility index (Phi) is 3.30. The first-order valence-corrected chi connectivity index (χ1v) is 6.77. The highest BCUT2D eigenvalue weighted by Crippen LogP contribution is 2.34. The molecule has 0 fully saturated rings. The van der Waals surface area contributed by atoms with Crippen LogP contribution in [0.4, 0.5) is 8.78 Å². The van der Waals surface area contributed by atoms with Crippen molar-refractivity contribution < 1.29 is 8.78 Å². The first-order valence-electron chi connectivity index (χ1n) is 6.77. The summed E-state index contributed by atoms with van der Waals surface area (Å²) in [6, 6.07) is 10.1. The zero-order chi connectivity index (χ0) is 14.3. The van der Waals surface area contributed by atoms with Crippen molar-refractivity contribution in [2.45, 2.75) is 19.4 Å². The topological polar surface area (TPSA) is 3.24 Å². The Bertz CT molecular complexity index is 631. The van der Waals surface area contributed by atoms with Crippen LogP contribution >= 0.6 is 0 Å². The van der Waals surface area contributed by atoms with Crippen LogP contribution in [0.3, 0.4) is 0 Å². The number of rotatable bonds is 1. The van der Waals surface area contributed by atoms with Crippen molar-refractivity contribution in [3.05, 3.63) is 70.3 Å². The first-order chi connectivity index (χ1) is 9.52. The third-order valence-electron chi connectivity index (χ3n) is 3.90. The molecule has 0 amide bonds. The molecule has 3 heteroatoms. The number of likely N-dealkylation sites (N-methyl/N-ethyl adjacent to an activating group) is 1. The second-order valence-corrected chi connectivity index (χ2v) is 5.65. The van der Waals surface area contributed by atoms with Crippen LogP contribution in [0, 0.1) is 18.6 Å². The summed E-state index contributed by atoms with van der Waals surface area (Å²) in [5.74, 6) is -1.00. The van der Waals surface area contributed by atoms with Crippen LogP contribution in [0.1, 0.15) is 28.2 Å². The lowest BCUT2D eigenvalue weighted by Gasteiger charge is -2.33. The van der Waals surface area contributed by atoms with Crippen LogP contribution in [0.25, 0.3) is 0 Å². The lowest BCUT2D eigenvalue weighted by atomic mass is 9.84. The van der Waals surface area contributed by atoms with Gasteiger partial charge in [-0.05, 0) is 42.8 Å².